The first kappa shape index (κ1) is 14.9. The lowest BCUT2D eigenvalue weighted by Gasteiger charge is -2.39. The first-order valence-electron chi connectivity index (χ1n) is 8.48. The summed E-state index contributed by atoms with van der Waals surface area (Å²) < 4.78 is 5.59. The summed E-state index contributed by atoms with van der Waals surface area (Å²) in [6.07, 6.45) is 4.78. The van der Waals surface area contributed by atoms with Crippen molar-refractivity contribution in [2.45, 2.75) is 51.6 Å². The molecule has 1 N–H and O–H groups in total. The van der Waals surface area contributed by atoms with Gasteiger partial charge < -0.3 is 10.1 Å². The molecule has 21 heavy (non-hydrogen) atoms. The van der Waals surface area contributed by atoms with Crippen molar-refractivity contribution < 1.29 is 4.74 Å². The summed E-state index contributed by atoms with van der Waals surface area (Å²) in [6.45, 7) is 8.96. The average Bonchev–Trinajstić information content (AvgIpc) is 2.95. The molecule has 3 nitrogen and oxygen atoms in total. The van der Waals surface area contributed by atoms with Crippen LogP contribution in [0.4, 0.5) is 0 Å². The Kier molecular flexibility index (Phi) is 4.81. The number of benzene rings is 1. The summed E-state index contributed by atoms with van der Waals surface area (Å²) in [5, 5.41) is 3.67. The smallest absolute Gasteiger partial charge is 0.122 e. The molecule has 0 amide bonds. The van der Waals surface area contributed by atoms with Crippen LogP contribution in [0.25, 0.3) is 0 Å². The Bertz CT molecular complexity index is 474. The van der Waals surface area contributed by atoms with Crippen LogP contribution in [0.2, 0.25) is 0 Å². The van der Waals surface area contributed by atoms with E-state index in [0.717, 1.165) is 31.7 Å². The zero-order valence-electron chi connectivity index (χ0n) is 13.4. The van der Waals surface area contributed by atoms with Crippen LogP contribution in [0.3, 0.4) is 0 Å². The van der Waals surface area contributed by atoms with Gasteiger partial charge in [0, 0.05) is 38.1 Å². The predicted octanol–water partition coefficient (Wildman–Crippen LogP) is 2.63. The maximum Gasteiger partial charge on any atom is 0.122 e. The summed E-state index contributed by atoms with van der Waals surface area (Å²) in [4.78, 5) is 2.65. The van der Waals surface area contributed by atoms with Crippen LogP contribution in [-0.4, -0.2) is 43.2 Å². The minimum atomic E-state index is 0.649. The lowest BCUT2D eigenvalue weighted by atomic mass is 10.0. The fraction of sp³-hybridized carbons (Fsp3) is 0.667. The van der Waals surface area contributed by atoms with Gasteiger partial charge in [-0.1, -0.05) is 25.5 Å². The zero-order chi connectivity index (χ0) is 14.7. The molecular weight excluding hydrogens is 260 g/mol. The third-order valence-electron chi connectivity index (χ3n) is 4.86. The summed E-state index contributed by atoms with van der Waals surface area (Å²) >= 11 is 0. The van der Waals surface area contributed by atoms with Crippen molar-refractivity contribution in [2.24, 2.45) is 0 Å². The molecule has 0 aliphatic carbocycles. The van der Waals surface area contributed by atoms with E-state index in [1.54, 1.807) is 0 Å². The van der Waals surface area contributed by atoms with Crippen LogP contribution in [0.1, 0.15) is 37.8 Å². The monoisotopic (exact) mass is 288 g/mol. The second-order valence-corrected chi connectivity index (χ2v) is 6.53. The number of hydrogen-bond donors (Lipinski definition) is 1. The average molecular weight is 288 g/mol. The number of nitrogens with zero attached hydrogens (tertiary/aromatic N) is 1. The highest BCUT2D eigenvalue weighted by atomic mass is 16.5. The molecule has 2 aliphatic rings. The standard InChI is InChI=1S/C18H28N2O/c1-3-4-17-13-20(14(2)12-19-17)9-7-15-5-6-18-16(11-15)8-10-21-18/h5-6,11,14,17,19H,3-4,7-10,12-13H2,1-2H3. The van der Waals surface area contributed by atoms with Crippen molar-refractivity contribution in [3.63, 3.8) is 0 Å². The normalized spacial score (nSPS) is 25.6. The molecule has 1 fully saturated rings. The lowest BCUT2D eigenvalue weighted by molar-refractivity contribution is 0.138. The van der Waals surface area contributed by atoms with Crippen molar-refractivity contribution in [1.29, 1.82) is 0 Å². The Labute approximate surface area is 128 Å². The Balaban J connectivity index is 1.56. The van der Waals surface area contributed by atoms with Crippen molar-refractivity contribution in [3.05, 3.63) is 29.3 Å². The van der Waals surface area contributed by atoms with E-state index in [4.69, 9.17) is 4.74 Å². The highest BCUT2D eigenvalue weighted by Crippen LogP contribution is 2.26. The molecule has 0 aromatic heterocycles. The van der Waals surface area contributed by atoms with E-state index in [0.29, 0.717) is 12.1 Å². The predicted molar refractivity (Wildman–Crippen MR) is 87.1 cm³/mol. The van der Waals surface area contributed by atoms with Gasteiger partial charge in [-0.2, -0.15) is 0 Å². The van der Waals surface area contributed by atoms with Crippen molar-refractivity contribution in [3.8, 4) is 5.75 Å². The molecule has 1 aromatic rings. The molecule has 3 rings (SSSR count). The second kappa shape index (κ2) is 6.80. The number of ether oxygens (including phenoxy) is 1. The van der Waals surface area contributed by atoms with Gasteiger partial charge in [-0.05, 0) is 37.0 Å². The van der Waals surface area contributed by atoms with Crippen LogP contribution < -0.4 is 10.1 Å². The van der Waals surface area contributed by atoms with Crippen LogP contribution >= 0.6 is 0 Å². The van der Waals surface area contributed by atoms with Gasteiger partial charge in [0.2, 0.25) is 0 Å². The second-order valence-electron chi connectivity index (χ2n) is 6.53. The molecule has 0 spiro atoms. The van der Waals surface area contributed by atoms with Gasteiger partial charge in [0.25, 0.3) is 0 Å². The van der Waals surface area contributed by atoms with Gasteiger partial charge in [-0.15, -0.1) is 0 Å². The largest absolute Gasteiger partial charge is 0.493 e. The van der Waals surface area contributed by atoms with Gasteiger partial charge >= 0.3 is 0 Å². The maximum absolute atomic E-state index is 5.59. The quantitative estimate of drug-likeness (QED) is 0.901. The highest BCUT2D eigenvalue weighted by molar-refractivity contribution is 5.39. The Morgan fingerprint density at radius 1 is 1.38 bits per heavy atom. The van der Waals surface area contributed by atoms with E-state index in [-0.39, 0.29) is 0 Å². The highest BCUT2D eigenvalue weighted by Gasteiger charge is 2.24. The topological polar surface area (TPSA) is 24.5 Å². The van der Waals surface area contributed by atoms with E-state index in [9.17, 15) is 0 Å². The maximum atomic E-state index is 5.59. The third kappa shape index (κ3) is 3.58. The van der Waals surface area contributed by atoms with Gasteiger partial charge in [-0.25, -0.2) is 0 Å². The molecule has 2 heterocycles. The number of nitrogens with one attached hydrogen (secondary N) is 1. The molecule has 3 heteroatoms. The molecule has 116 valence electrons. The molecule has 1 saturated heterocycles. The molecule has 0 bridgehead atoms. The Morgan fingerprint density at radius 2 is 2.29 bits per heavy atom. The Hall–Kier alpha value is -1.06. The molecule has 2 unspecified atom stereocenters. The SMILES string of the molecule is CCCC1CN(CCc2ccc3c(c2)CCO3)C(C)CN1. The summed E-state index contributed by atoms with van der Waals surface area (Å²) in [6, 6.07) is 8.06. The molecule has 0 saturated carbocycles. The number of rotatable bonds is 5. The lowest BCUT2D eigenvalue weighted by Crippen LogP contribution is -2.55. The fourth-order valence-electron chi connectivity index (χ4n) is 3.52. The Morgan fingerprint density at radius 3 is 3.14 bits per heavy atom. The molecular formula is C18H28N2O. The molecule has 1 aromatic carbocycles. The van der Waals surface area contributed by atoms with E-state index < -0.39 is 0 Å². The summed E-state index contributed by atoms with van der Waals surface area (Å²) in [7, 11) is 0. The van der Waals surface area contributed by atoms with Gasteiger partial charge in [0.1, 0.15) is 5.75 Å². The minimum Gasteiger partial charge on any atom is -0.493 e. The number of fused-ring (bicyclic) bond motifs is 1. The fourth-order valence-corrected chi connectivity index (χ4v) is 3.52. The van der Waals surface area contributed by atoms with Gasteiger partial charge in [0.05, 0.1) is 6.61 Å². The van der Waals surface area contributed by atoms with E-state index in [1.807, 2.05) is 0 Å². The van der Waals surface area contributed by atoms with E-state index in [2.05, 4.69) is 42.3 Å². The van der Waals surface area contributed by atoms with Crippen LogP contribution in [0.5, 0.6) is 5.75 Å². The first-order valence-corrected chi connectivity index (χ1v) is 8.48. The van der Waals surface area contributed by atoms with E-state index >= 15 is 0 Å². The number of piperazine rings is 1. The first-order chi connectivity index (χ1) is 10.3. The number of hydrogen-bond acceptors (Lipinski definition) is 3. The van der Waals surface area contributed by atoms with Crippen LogP contribution in [0.15, 0.2) is 18.2 Å². The minimum absolute atomic E-state index is 0.649. The summed E-state index contributed by atoms with van der Waals surface area (Å²) in [5.74, 6) is 1.09. The summed E-state index contributed by atoms with van der Waals surface area (Å²) in [5.41, 5.74) is 2.85. The van der Waals surface area contributed by atoms with Crippen LogP contribution in [-0.2, 0) is 12.8 Å². The van der Waals surface area contributed by atoms with E-state index in [1.165, 1.54) is 37.1 Å². The van der Waals surface area contributed by atoms with Crippen molar-refractivity contribution >= 4 is 0 Å². The molecule has 2 aliphatic heterocycles. The third-order valence-corrected chi connectivity index (χ3v) is 4.86. The van der Waals surface area contributed by atoms with Crippen LogP contribution in [0, 0.1) is 0 Å². The molecule has 0 radical (unpaired) electrons. The van der Waals surface area contributed by atoms with Crippen molar-refractivity contribution in [2.75, 3.05) is 26.2 Å². The molecule has 2 atom stereocenters. The van der Waals surface area contributed by atoms with Gasteiger partial charge in [0.15, 0.2) is 0 Å². The van der Waals surface area contributed by atoms with Crippen molar-refractivity contribution in [1.82, 2.24) is 10.2 Å². The zero-order valence-corrected chi connectivity index (χ0v) is 13.4. The van der Waals surface area contributed by atoms with Gasteiger partial charge in [-0.3, -0.25) is 4.90 Å².